The van der Waals surface area contributed by atoms with E-state index in [4.69, 9.17) is 9.72 Å². The molecule has 5 heteroatoms. The molecule has 1 aliphatic rings. The fourth-order valence-electron chi connectivity index (χ4n) is 3.04. The van der Waals surface area contributed by atoms with Crippen molar-refractivity contribution in [3.05, 3.63) is 53.9 Å². The van der Waals surface area contributed by atoms with E-state index in [-0.39, 0.29) is 12.5 Å². The van der Waals surface area contributed by atoms with Gasteiger partial charge >= 0.3 is 0 Å². The van der Waals surface area contributed by atoms with Crippen LogP contribution >= 0.6 is 11.3 Å². The van der Waals surface area contributed by atoms with Crippen molar-refractivity contribution in [3.8, 4) is 27.6 Å². The van der Waals surface area contributed by atoms with Crippen LogP contribution in [0.2, 0.25) is 0 Å². The van der Waals surface area contributed by atoms with Crippen LogP contribution in [0.1, 0.15) is 19.8 Å². The molecule has 0 bridgehead atoms. The van der Waals surface area contributed by atoms with Gasteiger partial charge in [0.2, 0.25) is 0 Å². The van der Waals surface area contributed by atoms with Gasteiger partial charge in [-0.15, -0.1) is 11.3 Å². The number of benzene rings is 2. The average Bonchev–Trinajstić information content (AvgIpc) is 3.18. The number of thiazole rings is 1. The minimum Gasteiger partial charge on any atom is -0.482 e. The average molecular weight is 364 g/mol. The van der Waals surface area contributed by atoms with Crippen molar-refractivity contribution < 1.29 is 9.53 Å². The third kappa shape index (κ3) is 3.22. The Bertz CT molecular complexity index is 921. The molecule has 1 amide bonds. The Kier molecular flexibility index (Phi) is 4.71. The van der Waals surface area contributed by atoms with Gasteiger partial charge in [0.15, 0.2) is 6.61 Å². The van der Waals surface area contributed by atoms with Crippen molar-refractivity contribution in [2.45, 2.75) is 19.8 Å². The van der Waals surface area contributed by atoms with E-state index < -0.39 is 0 Å². The van der Waals surface area contributed by atoms with E-state index in [9.17, 15) is 4.79 Å². The van der Waals surface area contributed by atoms with Crippen molar-refractivity contribution in [1.29, 1.82) is 0 Å². The lowest BCUT2D eigenvalue weighted by atomic mass is 10.1. The van der Waals surface area contributed by atoms with E-state index >= 15 is 0 Å². The SMILES string of the molecule is CCCCN1C(=O)COc2ccc(-c3csc(-c4ccccc4)n3)cc21. The Hall–Kier alpha value is -2.66. The monoisotopic (exact) mass is 364 g/mol. The van der Waals surface area contributed by atoms with Crippen LogP contribution in [0.3, 0.4) is 0 Å². The molecule has 0 radical (unpaired) electrons. The number of rotatable bonds is 5. The summed E-state index contributed by atoms with van der Waals surface area (Å²) in [6.45, 7) is 2.97. The van der Waals surface area contributed by atoms with Gasteiger partial charge < -0.3 is 9.64 Å². The van der Waals surface area contributed by atoms with Crippen molar-refractivity contribution in [3.63, 3.8) is 0 Å². The van der Waals surface area contributed by atoms with Crippen molar-refractivity contribution in [1.82, 2.24) is 4.98 Å². The van der Waals surface area contributed by atoms with Crippen LogP contribution in [0.4, 0.5) is 5.69 Å². The molecular weight excluding hydrogens is 344 g/mol. The van der Waals surface area contributed by atoms with E-state index in [1.54, 1.807) is 11.3 Å². The Morgan fingerprint density at radius 3 is 2.81 bits per heavy atom. The van der Waals surface area contributed by atoms with Gasteiger partial charge in [-0.1, -0.05) is 43.7 Å². The minimum atomic E-state index is 0.0198. The molecular formula is C21H20N2O2S. The molecule has 0 atom stereocenters. The third-order valence-electron chi connectivity index (χ3n) is 4.46. The minimum absolute atomic E-state index is 0.0198. The molecule has 3 aromatic rings. The molecule has 1 aromatic heterocycles. The van der Waals surface area contributed by atoms with E-state index in [1.807, 2.05) is 41.3 Å². The fraction of sp³-hybridized carbons (Fsp3) is 0.238. The van der Waals surface area contributed by atoms with Crippen LogP contribution in [0, 0.1) is 0 Å². The van der Waals surface area contributed by atoms with Crippen molar-refractivity contribution in [2.24, 2.45) is 0 Å². The Labute approximate surface area is 157 Å². The third-order valence-corrected chi connectivity index (χ3v) is 5.35. The summed E-state index contributed by atoms with van der Waals surface area (Å²) in [5.41, 5.74) is 3.89. The van der Waals surface area contributed by atoms with Gasteiger partial charge in [0.05, 0.1) is 11.4 Å². The normalized spacial score (nSPS) is 13.4. The standard InChI is InChI=1S/C21H20N2O2S/c1-2-3-11-23-18-12-16(9-10-19(18)25-13-20(23)24)17-14-26-21(22-17)15-7-5-4-6-8-15/h4-10,12,14H,2-3,11,13H2,1H3. The number of ether oxygens (including phenoxy) is 1. The van der Waals surface area contributed by atoms with Crippen LogP contribution < -0.4 is 9.64 Å². The summed E-state index contributed by atoms with van der Waals surface area (Å²) < 4.78 is 5.60. The quantitative estimate of drug-likeness (QED) is 0.640. The zero-order valence-electron chi connectivity index (χ0n) is 14.6. The fourth-order valence-corrected chi connectivity index (χ4v) is 3.88. The molecule has 1 aliphatic heterocycles. The maximum absolute atomic E-state index is 12.3. The summed E-state index contributed by atoms with van der Waals surface area (Å²) in [7, 11) is 0. The van der Waals surface area contributed by atoms with Gasteiger partial charge in [-0.05, 0) is 24.6 Å². The van der Waals surface area contributed by atoms with E-state index in [1.165, 1.54) is 0 Å². The van der Waals surface area contributed by atoms with Crippen LogP contribution in [0.5, 0.6) is 5.75 Å². The lowest BCUT2D eigenvalue weighted by molar-refractivity contribution is -0.121. The summed E-state index contributed by atoms with van der Waals surface area (Å²) in [6.07, 6.45) is 2.02. The first kappa shape index (κ1) is 16.8. The zero-order chi connectivity index (χ0) is 17.9. The summed E-state index contributed by atoms with van der Waals surface area (Å²) >= 11 is 1.63. The molecule has 0 unspecified atom stereocenters. The molecule has 0 saturated carbocycles. The van der Waals surface area contributed by atoms with Gasteiger partial charge in [-0.3, -0.25) is 4.79 Å². The molecule has 26 heavy (non-hydrogen) atoms. The Morgan fingerprint density at radius 2 is 2.00 bits per heavy atom. The first-order valence-corrected chi connectivity index (χ1v) is 9.73. The van der Waals surface area contributed by atoms with E-state index in [0.29, 0.717) is 0 Å². The molecule has 2 aromatic carbocycles. The van der Waals surface area contributed by atoms with Crippen LogP contribution in [0.25, 0.3) is 21.8 Å². The number of unbranched alkanes of at least 4 members (excludes halogenated alkanes) is 1. The predicted octanol–water partition coefficient (Wildman–Crippen LogP) is 5.00. The van der Waals surface area contributed by atoms with Gasteiger partial charge in [0, 0.05) is 23.1 Å². The first-order valence-electron chi connectivity index (χ1n) is 8.85. The number of nitrogens with zero attached hydrogens (tertiary/aromatic N) is 2. The largest absolute Gasteiger partial charge is 0.482 e. The molecule has 0 saturated heterocycles. The highest BCUT2D eigenvalue weighted by atomic mass is 32.1. The van der Waals surface area contributed by atoms with Crippen molar-refractivity contribution >= 4 is 22.9 Å². The summed E-state index contributed by atoms with van der Waals surface area (Å²) in [4.78, 5) is 18.9. The van der Waals surface area contributed by atoms with Gasteiger partial charge in [-0.2, -0.15) is 0 Å². The number of fused-ring (bicyclic) bond motifs is 1. The molecule has 0 spiro atoms. The number of carbonyl (C=O) groups is 1. The van der Waals surface area contributed by atoms with Crippen LogP contribution in [-0.2, 0) is 4.79 Å². The first-order chi connectivity index (χ1) is 12.8. The van der Waals surface area contributed by atoms with Gasteiger partial charge in [-0.25, -0.2) is 4.98 Å². The van der Waals surface area contributed by atoms with Crippen LogP contribution in [-0.4, -0.2) is 24.0 Å². The van der Waals surface area contributed by atoms with Crippen molar-refractivity contribution in [2.75, 3.05) is 18.1 Å². The molecule has 4 rings (SSSR count). The highest BCUT2D eigenvalue weighted by Gasteiger charge is 2.25. The number of hydrogen-bond donors (Lipinski definition) is 0. The number of aromatic nitrogens is 1. The number of carbonyl (C=O) groups excluding carboxylic acids is 1. The lowest BCUT2D eigenvalue weighted by Gasteiger charge is -2.29. The lowest BCUT2D eigenvalue weighted by Crippen LogP contribution is -2.39. The Balaban J connectivity index is 1.68. The second-order valence-electron chi connectivity index (χ2n) is 6.27. The smallest absolute Gasteiger partial charge is 0.265 e. The molecule has 2 heterocycles. The second kappa shape index (κ2) is 7.30. The van der Waals surface area contributed by atoms with E-state index in [0.717, 1.165) is 52.7 Å². The second-order valence-corrected chi connectivity index (χ2v) is 7.13. The number of amides is 1. The van der Waals surface area contributed by atoms with Gasteiger partial charge in [0.25, 0.3) is 5.91 Å². The molecule has 0 fully saturated rings. The maximum Gasteiger partial charge on any atom is 0.265 e. The zero-order valence-corrected chi connectivity index (χ0v) is 15.5. The number of anilines is 1. The summed E-state index contributed by atoms with van der Waals surface area (Å²) in [6, 6.07) is 16.1. The van der Waals surface area contributed by atoms with Crippen LogP contribution in [0.15, 0.2) is 53.9 Å². The molecule has 0 aliphatic carbocycles. The summed E-state index contributed by atoms with van der Waals surface area (Å²) in [5, 5.41) is 3.06. The topological polar surface area (TPSA) is 42.4 Å². The highest BCUT2D eigenvalue weighted by Crippen LogP contribution is 2.37. The van der Waals surface area contributed by atoms with Gasteiger partial charge in [0.1, 0.15) is 10.8 Å². The Morgan fingerprint density at radius 1 is 1.15 bits per heavy atom. The maximum atomic E-state index is 12.3. The van der Waals surface area contributed by atoms with E-state index in [2.05, 4.69) is 24.4 Å². The highest BCUT2D eigenvalue weighted by molar-refractivity contribution is 7.13. The molecule has 132 valence electrons. The number of hydrogen-bond acceptors (Lipinski definition) is 4. The predicted molar refractivity (Wildman–Crippen MR) is 106 cm³/mol. The molecule has 0 N–H and O–H groups in total. The summed E-state index contributed by atoms with van der Waals surface area (Å²) in [5.74, 6) is 0.786. The molecule has 4 nitrogen and oxygen atoms in total.